The maximum Gasteiger partial charge on any atom is 2.00 e. The first-order valence-electron chi connectivity index (χ1n) is 0. The summed E-state index contributed by atoms with van der Waals surface area (Å²) in [4.78, 5) is 0. The van der Waals surface area contributed by atoms with Crippen LogP contribution in [0.5, 0.6) is 0 Å². The molecule has 2 nitrogen and oxygen atoms in total. The summed E-state index contributed by atoms with van der Waals surface area (Å²) in [5.41, 5.74) is 0. The molecular formula is H11CaNOSi. The summed E-state index contributed by atoms with van der Waals surface area (Å²) < 4.78 is 0. The van der Waals surface area contributed by atoms with Crippen molar-refractivity contribution in [1.82, 2.24) is 6.15 Å². The Morgan fingerprint density at radius 2 is 1.25 bits per heavy atom. The summed E-state index contributed by atoms with van der Waals surface area (Å²) in [6, 6.07) is 0. The van der Waals surface area contributed by atoms with E-state index in [0.29, 0.717) is 0 Å². The van der Waals surface area contributed by atoms with Crippen LogP contribution in [0.4, 0.5) is 0 Å². The van der Waals surface area contributed by atoms with Crippen molar-refractivity contribution >= 4 is 48.7 Å². The molecule has 0 radical (unpaired) electrons. The molecule has 4 heavy (non-hydrogen) atoms. The van der Waals surface area contributed by atoms with Gasteiger partial charge in [-0.05, 0) is 11.0 Å². The van der Waals surface area contributed by atoms with E-state index in [9.17, 15) is 0 Å². The first-order chi connectivity index (χ1) is 0. The van der Waals surface area contributed by atoms with E-state index in [0.717, 1.165) is 0 Å². The molecular weight excluding hydrogens is 98.2 g/mol. The van der Waals surface area contributed by atoms with Crippen LogP contribution in [0.1, 0.15) is 2.85 Å². The van der Waals surface area contributed by atoms with Gasteiger partial charge in [-0.15, -0.1) is 0 Å². The third-order valence-electron chi connectivity index (χ3n) is 0. The van der Waals surface area contributed by atoms with Gasteiger partial charge in [0.15, 0.2) is 0 Å². The molecule has 0 rings (SSSR count). The molecule has 0 aliphatic rings. The Labute approximate surface area is 62.8 Å². The first kappa shape index (κ1) is 53.5. The average molecular weight is 109 g/mol. The Balaban J connectivity index is 0. The van der Waals surface area contributed by atoms with Crippen molar-refractivity contribution in [2.75, 3.05) is 0 Å². The minimum absolute atomic E-state index is 0. The van der Waals surface area contributed by atoms with E-state index in [1.165, 1.54) is 0 Å². The van der Waals surface area contributed by atoms with E-state index >= 15 is 0 Å². The van der Waals surface area contributed by atoms with Crippen LogP contribution in [-0.2, 0) is 0 Å². The molecule has 0 unspecified atom stereocenters. The van der Waals surface area contributed by atoms with Gasteiger partial charge in [0.2, 0.25) is 0 Å². The summed E-state index contributed by atoms with van der Waals surface area (Å²) in [5.74, 6) is 0. The molecule has 0 aliphatic heterocycles. The third kappa shape index (κ3) is 10.0. The summed E-state index contributed by atoms with van der Waals surface area (Å²) in [5, 5.41) is 0. The second kappa shape index (κ2) is 26.0. The summed E-state index contributed by atoms with van der Waals surface area (Å²) in [6.45, 7) is 0. The van der Waals surface area contributed by atoms with Crippen LogP contribution in [0.25, 0.3) is 0 Å². The monoisotopic (exact) mass is 109 g/mol. The Morgan fingerprint density at radius 1 is 1.25 bits per heavy atom. The number of rotatable bonds is 0. The van der Waals surface area contributed by atoms with Gasteiger partial charge in [-0.1, -0.05) is 0 Å². The van der Waals surface area contributed by atoms with E-state index in [-0.39, 0.29) is 63.2 Å². The number of hydrogen-bond acceptors (Lipinski definition) is 1. The second-order valence-corrected chi connectivity index (χ2v) is 0. The molecule has 0 amide bonds. The topological polar surface area (TPSA) is 66.5 Å². The maximum absolute atomic E-state index is 0. The van der Waals surface area contributed by atoms with Gasteiger partial charge in [0.1, 0.15) is 0 Å². The van der Waals surface area contributed by atoms with Crippen molar-refractivity contribution in [1.29, 1.82) is 0 Å². The Morgan fingerprint density at radius 3 is 1.25 bits per heavy atom. The van der Waals surface area contributed by atoms with Crippen molar-refractivity contribution in [2.24, 2.45) is 0 Å². The molecule has 0 aromatic heterocycles. The summed E-state index contributed by atoms with van der Waals surface area (Å²) in [6.07, 6.45) is 0. The van der Waals surface area contributed by atoms with Crippen LogP contribution in [0.2, 0.25) is 0 Å². The molecule has 0 spiro atoms. The van der Waals surface area contributed by atoms with Crippen molar-refractivity contribution < 1.29 is 8.33 Å². The van der Waals surface area contributed by atoms with Crippen molar-refractivity contribution in [3.05, 3.63) is 0 Å². The van der Waals surface area contributed by atoms with Crippen LogP contribution >= 0.6 is 0 Å². The minimum atomic E-state index is 0. The predicted octanol–water partition coefficient (Wildman–Crippen LogP) is -2.27. The molecule has 4 heteroatoms. The zero-order chi connectivity index (χ0) is 0. The molecule has 0 aromatic rings. The Hall–Kier alpha value is 1.40. The quantitative estimate of drug-likeness (QED) is 0.350. The fourth-order valence-electron chi connectivity index (χ4n) is 0. The SMILES string of the molecule is N.O.[Ca+2].[H-].[H-].[SiH4]. The average Bonchev–Trinajstić information content (AvgIpc) is 0. The van der Waals surface area contributed by atoms with Crippen molar-refractivity contribution in [3.63, 3.8) is 0 Å². The molecule has 0 bridgehead atoms. The molecule has 0 fully saturated rings. The zero-order valence-corrected chi connectivity index (χ0v) is 4.12. The van der Waals surface area contributed by atoms with Gasteiger partial charge < -0.3 is 14.5 Å². The van der Waals surface area contributed by atoms with Gasteiger partial charge in [-0.3, -0.25) is 0 Å². The van der Waals surface area contributed by atoms with E-state index in [1.54, 1.807) is 0 Å². The standard InChI is InChI=1S/Ca.H3N.H2O.H4Si.2H/h;1H3;1H2;1H4;;/q+2;;;;2*-1. The van der Waals surface area contributed by atoms with Gasteiger partial charge in [0.05, 0.1) is 0 Å². The predicted molar refractivity (Wildman–Crippen MR) is 27.9 cm³/mol. The fraction of sp³-hybridized carbons (Fsp3) is 0. The van der Waals surface area contributed by atoms with E-state index in [1.807, 2.05) is 0 Å². The second-order valence-electron chi connectivity index (χ2n) is 0. The summed E-state index contributed by atoms with van der Waals surface area (Å²) >= 11 is 0. The normalized spacial score (nSPS) is 0. The van der Waals surface area contributed by atoms with E-state index in [4.69, 9.17) is 0 Å². The molecule has 0 saturated heterocycles. The minimum Gasteiger partial charge on any atom is -1.00 e. The molecule has 5 N–H and O–H groups in total. The third-order valence-corrected chi connectivity index (χ3v) is 0. The zero-order valence-electron chi connectivity index (χ0n) is 3.91. The molecule has 0 aromatic carbocycles. The van der Waals surface area contributed by atoms with Gasteiger partial charge >= 0.3 is 37.7 Å². The van der Waals surface area contributed by atoms with Crippen molar-refractivity contribution in [2.45, 2.75) is 0 Å². The largest absolute Gasteiger partial charge is 2.00 e. The Kier molecular flexibility index (Phi) is 348. The van der Waals surface area contributed by atoms with Crippen LogP contribution in [0, 0.1) is 0 Å². The summed E-state index contributed by atoms with van der Waals surface area (Å²) in [7, 11) is 0. The van der Waals surface area contributed by atoms with Crippen LogP contribution < -0.4 is 6.15 Å². The van der Waals surface area contributed by atoms with Gasteiger partial charge in [-0.25, -0.2) is 0 Å². The molecule has 0 aliphatic carbocycles. The van der Waals surface area contributed by atoms with Crippen LogP contribution in [0.15, 0.2) is 0 Å². The van der Waals surface area contributed by atoms with Gasteiger partial charge in [0.25, 0.3) is 0 Å². The molecule has 0 saturated carbocycles. The van der Waals surface area contributed by atoms with Crippen molar-refractivity contribution in [3.8, 4) is 0 Å². The Bertz CT molecular complexity index is 13.5. The molecule has 0 atom stereocenters. The van der Waals surface area contributed by atoms with Crippen LogP contribution in [0.3, 0.4) is 0 Å². The first-order valence-corrected chi connectivity index (χ1v) is 0. The maximum atomic E-state index is 0. The van der Waals surface area contributed by atoms with Gasteiger partial charge in [-0.2, -0.15) is 0 Å². The van der Waals surface area contributed by atoms with Crippen LogP contribution in [-0.4, -0.2) is 54.2 Å². The van der Waals surface area contributed by atoms with Gasteiger partial charge in [0, 0.05) is 0 Å². The van der Waals surface area contributed by atoms with E-state index in [2.05, 4.69) is 0 Å². The number of hydrogen-bond donors (Lipinski definition) is 1. The molecule has 0 heterocycles. The smallest absolute Gasteiger partial charge is 1.00 e. The van der Waals surface area contributed by atoms with E-state index < -0.39 is 0 Å². The molecule has 28 valence electrons. The fourth-order valence-corrected chi connectivity index (χ4v) is 0.